The third kappa shape index (κ3) is 7.23. The molecule has 0 saturated carbocycles. The number of piperidine rings is 1. The van der Waals surface area contributed by atoms with Gasteiger partial charge in [-0.25, -0.2) is 4.79 Å². The zero-order valence-corrected chi connectivity index (χ0v) is 19.8. The van der Waals surface area contributed by atoms with Crippen LogP contribution in [0.3, 0.4) is 0 Å². The number of nitrogens with one attached hydrogen (secondary N) is 1. The maximum absolute atomic E-state index is 12.4. The quantitative estimate of drug-likeness (QED) is 0.297. The van der Waals surface area contributed by atoms with E-state index in [1.54, 1.807) is 42.5 Å². The van der Waals surface area contributed by atoms with E-state index >= 15 is 0 Å². The summed E-state index contributed by atoms with van der Waals surface area (Å²) in [5.74, 6) is -0.371. The van der Waals surface area contributed by atoms with Crippen LogP contribution in [0.5, 0.6) is 5.75 Å². The molecule has 0 aliphatic carbocycles. The number of hydrogen-bond donors (Lipinski definition) is 2. The largest absolute Gasteiger partial charge is 0.426 e. The molecule has 1 aliphatic heterocycles. The van der Waals surface area contributed by atoms with Crippen molar-refractivity contribution in [3.05, 3.63) is 94.5 Å². The highest BCUT2D eigenvalue weighted by atomic mass is 19.4. The lowest BCUT2D eigenvalue weighted by molar-refractivity contribution is -0.137. The van der Waals surface area contributed by atoms with Gasteiger partial charge in [-0.2, -0.15) is 13.2 Å². The fourth-order valence-corrected chi connectivity index (χ4v) is 3.94. The second-order valence-corrected chi connectivity index (χ2v) is 8.68. The number of halogens is 3. The molecular weight excluding hydrogens is 487 g/mol. The van der Waals surface area contributed by atoms with Crippen LogP contribution < -0.4 is 21.1 Å². The number of oxazole rings is 1. The molecule has 0 unspecified atom stereocenters. The van der Waals surface area contributed by atoms with Crippen LogP contribution in [0.1, 0.15) is 24.0 Å². The first kappa shape index (κ1) is 26.0. The number of H-pyrrole nitrogens is 1. The number of hydrogen-bond acceptors (Lipinski definition) is 6. The van der Waals surface area contributed by atoms with Crippen LogP contribution in [0.25, 0.3) is 11.1 Å². The molecule has 1 aliphatic rings. The van der Waals surface area contributed by atoms with E-state index < -0.39 is 17.5 Å². The van der Waals surface area contributed by atoms with E-state index in [0.29, 0.717) is 16.8 Å². The topological polar surface area (TPSA) is 102 Å². The van der Waals surface area contributed by atoms with Crippen molar-refractivity contribution in [2.45, 2.75) is 31.5 Å². The fraction of sp³-hybridized carbons (Fsp3) is 0.259. The number of rotatable bonds is 4. The summed E-state index contributed by atoms with van der Waals surface area (Å²) in [5, 5.41) is 0. The lowest BCUT2D eigenvalue weighted by Crippen LogP contribution is -2.39. The number of para-hydroxylation sites is 1. The van der Waals surface area contributed by atoms with E-state index in [2.05, 4.69) is 9.88 Å². The lowest BCUT2D eigenvalue weighted by atomic mass is 10.1. The summed E-state index contributed by atoms with van der Waals surface area (Å²) in [7, 11) is 0. The Bertz CT molecular complexity index is 1370. The van der Waals surface area contributed by atoms with Crippen molar-refractivity contribution in [1.82, 2.24) is 4.98 Å². The molecule has 0 atom stereocenters. The molecule has 1 aromatic heterocycles. The van der Waals surface area contributed by atoms with Gasteiger partial charge in [0, 0.05) is 24.8 Å². The zero-order chi connectivity index (χ0) is 26.4. The molecule has 2 heterocycles. The Balaban J connectivity index is 0.000000176. The number of nitrogens with two attached hydrogens (primary N) is 1. The highest BCUT2D eigenvalue weighted by Crippen LogP contribution is 2.31. The second-order valence-electron chi connectivity index (χ2n) is 8.68. The predicted octanol–water partition coefficient (Wildman–Crippen LogP) is 4.90. The summed E-state index contributed by atoms with van der Waals surface area (Å²) in [6, 6.07) is 19.5. The summed E-state index contributed by atoms with van der Waals surface area (Å²) in [6.45, 7) is 1.62. The van der Waals surface area contributed by atoms with Gasteiger partial charge in [0.05, 0.1) is 17.5 Å². The van der Waals surface area contributed by atoms with Gasteiger partial charge in [-0.15, -0.1) is 0 Å². The first-order valence-electron chi connectivity index (χ1n) is 11.7. The Kier molecular flexibility index (Phi) is 7.98. The highest BCUT2D eigenvalue weighted by Gasteiger charge is 2.30. The number of carbonyl (C=O) groups excluding carboxylic acids is 1. The second kappa shape index (κ2) is 11.3. The monoisotopic (exact) mass is 513 g/mol. The van der Waals surface area contributed by atoms with Gasteiger partial charge < -0.3 is 19.8 Å². The molecule has 0 bridgehead atoms. The minimum Gasteiger partial charge on any atom is -0.426 e. The molecule has 10 heteroatoms. The summed E-state index contributed by atoms with van der Waals surface area (Å²) < 4.78 is 47.3. The van der Waals surface area contributed by atoms with Crippen LogP contribution in [0, 0.1) is 0 Å². The van der Waals surface area contributed by atoms with E-state index in [9.17, 15) is 22.8 Å². The molecule has 5 rings (SSSR count). The van der Waals surface area contributed by atoms with Crippen molar-refractivity contribution in [3.8, 4) is 5.75 Å². The predicted molar refractivity (Wildman–Crippen MR) is 133 cm³/mol. The lowest BCUT2D eigenvalue weighted by Gasteiger charge is -2.32. The van der Waals surface area contributed by atoms with Gasteiger partial charge in [-0.05, 0) is 66.9 Å². The average molecular weight is 514 g/mol. The summed E-state index contributed by atoms with van der Waals surface area (Å²) in [6.07, 6.45) is -2.37. The van der Waals surface area contributed by atoms with Crippen LogP contribution in [0.4, 0.5) is 18.9 Å². The first-order chi connectivity index (χ1) is 17.7. The maximum Gasteiger partial charge on any atom is 0.417 e. The Morgan fingerprint density at radius 1 is 1.03 bits per heavy atom. The molecule has 4 aromatic rings. The highest BCUT2D eigenvalue weighted by molar-refractivity contribution is 5.78. The smallest absolute Gasteiger partial charge is 0.417 e. The number of nitrogens with zero attached hydrogens (tertiary/aromatic N) is 1. The summed E-state index contributed by atoms with van der Waals surface area (Å²) in [4.78, 5) is 27.5. The summed E-state index contributed by atoms with van der Waals surface area (Å²) >= 11 is 0. The van der Waals surface area contributed by atoms with Crippen LogP contribution in [-0.4, -0.2) is 30.1 Å². The number of carbonyl (C=O) groups is 1. The van der Waals surface area contributed by atoms with E-state index in [4.69, 9.17) is 14.9 Å². The Morgan fingerprint density at radius 3 is 2.35 bits per heavy atom. The summed E-state index contributed by atoms with van der Waals surface area (Å²) in [5.41, 5.74) is 7.78. The van der Waals surface area contributed by atoms with Crippen LogP contribution in [0.2, 0.25) is 0 Å². The van der Waals surface area contributed by atoms with Crippen molar-refractivity contribution in [1.29, 1.82) is 0 Å². The minimum absolute atomic E-state index is 0.111. The SMILES string of the molecule is NC1CCN(c2ccc(C(F)(F)F)cc2)CC1.O=C(Cc1ccc2[nH]c(=O)oc2c1)Oc1ccccc1. The molecule has 0 spiro atoms. The van der Waals surface area contributed by atoms with Crippen molar-refractivity contribution in [2.24, 2.45) is 5.73 Å². The van der Waals surface area contributed by atoms with E-state index in [0.717, 1.165) is 49.3 Å². The number of aromatic nitrogens is 1. The van der Waals surface area contributed by atoms with Crippen molar-refractivity contribution >= 4 is 22.8 Å². The van der Waals surface area contributed by atoms with Gasteiger partial charge >= 0.3 is 17.9 Å². The molecule has 7 nitrogen and oxygen atoms in total. The maximum atomic E-state index is 12.4. The normalized spacial score (nSPS) is 14.2. The van der Waals surface area contributed by atoms with E-state index in [-0.39, 0.29) is 18.4 Å². The minimum atomic E-state index is -4.26. The Hall–Kier alpha value is -4.05. The van der Waals surface area contributed by atoms with Crippen LogP contribution >= 0.6 is 0 Å². The Labute approximate surface area is 210 Å². The number of aromatic amines is 1. The number of fused-ring (bicyclic) bond motifs is 1. The number of benzene rings is 3. The molecule has 194 valence electrons. The molecule has 0 radical (unpaired) electrons. The number of anilines is 1. The van der Waals surface area contributed by atoms with Crippen molar-refractivity contribution in [3.63, 3.8) is 0 Å². The van der Waals surface area contributed by atoms with Gasteiger partial charge in [0.25, 0.3) is 0 Å². The fourth-order valence-electron chi connectivity index (χ4n) is 3.94. The third-order valence-corrected chi connectivity index (χ3v) is 5.91. The molecule has 0 amide bonds. The standard InChI is InChI=1S/C15H11NO4.C12H15F3N2/c17-14(19-11-4-2-1-3-5-11)9-10-6-7-12-13(8-10)20-15(18)16-12;13-12(14,15)9-1-3-11(4-2-9)17-7-5-10(16)6-8-17/h1-8H,9H2,(H,16,18);1-4,10H,5-8,16H2. The molecule has 37 heavy (non-hydrogen) atoms. The molecule has 1 saturated heterocycles. The van der Waals surface area contributed by atoms with Gasteiger partial charge in [-0.3, -0.25) is 9.78 Å². The molecular formula is C27H26F3N3O4. The molecule has 3 aromatic carbocycles. The van der Waals surface area contributed by atoms with Gasteiger partial charge in [0.1, 0.15) is 5.75 Å². The van der Waals surface area contributed by atoms with E-state index in [1.165, 1.54) is 12.1 Å². The first-order valence-corrected chi connectivity index (χ1v) is 11.7. The van der Waals surface area contributed by atoms with Gasteiger partial charge in [-0.1, -0.05) is 24.3 Å². The van der Waals surface area contributed by atoms with Gasteiger partial charge in [0.15, 0.2) is 5.58 Å². The molecule has 1 fully saturated rings. The molecule has 3 N–H and O–H groups in total. The number of esters is 1. The third-order valence-electron chi connectivity index (χ3n) is 5.91. The zero-order valence-electron chi connectivity index (χ0n) is 19.8. The Morgan fingerprint density at radius 2 is 1.70 bits per heavy atom. The van der Waals surface area contributed by atoms with Crippen LogP contribution in [0.15, 0.2) is 82.0 Å². The van der Waals surface area contributed by atoms with Gasteiger partial charge in [0.2, 0.25) is 0 Å². The number of ether oxygens (including phenoxy) is 1. The number of alkyl halides is 3. The van der Waals surface area contributed by atoms with Crippen molar-refractivity contribution < 1.29 is 27.1 Å². The van der Waals surface area contributed by atoms with E-state index in [1.807, 2.05) is 6.07 Å². The van der Waals surface area contributed by atoms with Crippen LogP contribution in [-0.2, 0) is 17.4 Å². The van der Waals surface area contributed by atoms with Crippen molar-refractivity contribution in [2.75, 3.05) is 18.0 Å². The average Bonchev–Trinajstić information content (AvgIpc) is 3.24.